The van der Waals surface area contributed by atoms with Crippen LogP contribution in [0.1, 0.15) is 25.7 Å². The Morgan fingerprint density at radius 2 is 1.74 bits per heavy atom. The van der Waals surface area contributed by atoms with Crippen LogP contribution in [0.2, 0.25) is 0 Å². The zero-order valence-electron chi connectivity index (χ0n) is 13.5. The topological polar surface area (TPSA) is 57.7 Å². The lowest BCUT2D eigenvalue weighted by molar-refractivity contribution is -0.130. The van der Waals surface area contributed by atoms with Gasteiger partial charge in [0.05, 0.1) is 11.4 Å². The standard InChI is InChI=1S/C16H23BrN2O3S/c1-18(11-13-5-3-4-6-13)16(20)12-19(2)23(21,22)15-9-7-14(17)8-10-15/h7-10,13H,3-6,11-12H2,1-2H3. The largest absolute Gasteiger partial charge is 0.344 e. The van der Waals surface area contributed by atoms with Gasteiger partial charge >= 0.3 is 0 Å². The molecule has 0 radical (unpaired) electrons. The van der Waals surface area contributed by atoms with Gasteiger partial charge in [-0.2, -0.15) is 4.31 Å². The Kier molecular flexibility index (Phi) is 6.22. The molecule has 1 amide bonds. The summed E-state index contributed by atoms with van der Waals surface area (Å²) >= 11 is 3.28. The van der Waals surface area contributed by atoms with Gasteiger partial charge in [-0.25, -0.2) is 8.42 Å². The third kappa shape index (κ3) is 4.78. The Balaban J connectivity index is 1.97. The monoisotopic (exact) mass is 402 g/mol. The van der Waals surface area contributed by atoms with Gasteiger partial charge in [-0.1, -0.05) is 28.8 Å². The number of hydrogen-bond donors (Lipinski definition) is 0. The number of benzene rings is 1. The van der Waals surface area contributed by atoms with Crippen molar-refractivity contribution in [2.75, 3.05) is 27.2 Å². The van der Waals surface area contributed by atoms with E-state index in [9.17, 15) is 13.2 Å². The summed E-state index contributed by atoms with van der Waals surface area (Å²) in [6.07, 6.45) is 4.77. The van der Waals surface area contributed by atoms with Gasteiger partial charge in [0, 0.05) is 25.1 Å². The first-order chi connectivity index (χ1) is 10.8. The van der Waals surface area contributed by atoms with Crippen LogP contribution in [-0.4, -0.2) is 50.7 Å². The fraction of sp³-hybridized carbons (Fsp3) is 0.562. The van der Waals surface area contributed by atoms with Crippen molar-refractivity contribution < 1.29 is 13.2 Å². The van der Waals surface area contributed by atoms with Crippen LogP contribution in [0.5, 0.6) is 0 Å². The Morgan fingerprint density at radius 3 is 2.30 bits per heavy atom. The molecule has 128 valence electrons. The lowest BCUT2D eigenvalue weighted by atomic mass is 10.1. The van der Waals surface area contributed by atoms with Crippen molar-refractivity contribution in [2.45, 2.75) is 30.6 Å². The molecular formula is C16H23BrN2O3S. The van der Waals surface area contributed by atoms with E-state index >= 15 is 0 Å². The third-order valence-electron chi connectivity index (χ3n) is 4.31. The summed E-state index contributed by atoms with van der Waals surface area (Å²) in [5, 5.41) is 0. The van der Waals surface area contributed by atoms with Crippen molar-refractivity contribution in [3.63, 3.8) is 0 Å². The van der Waals surface area contributed by atoms with E-state index < -0.39 is 10.0 Å². The summed E-state index contributed by atoms with van der Waals surface area (Å²) in [5.74, 6) is 0.387. The first-order valence-corrected chi connectivity index (χ1v) is 10.00. The van der Waals surface area contributed by atoms with Gasteiger partial charge in [-0.05, 0) is 43.0 Å². The maximum atomic E-state index is 12.5. The molecule has 1 fully saturated rings. The molecule has 0 spiro atoms. The number of rotatable bonds is 6. The molecule has 1 aliphatic rings. The zero-order valence-corrected chi connectivity index (χ0v) is 15.9. The highest BCUT2D eigenvalue weighted by atomic mass is 79.9. The summed E-state index contributed by atoms with van der Waals surface area (Å²) in [7, 11) is -0.453. The van der Waals surface area contributed by atoms with Crippen LogP contribution in [0, 0.1) is 5.92 Å². The lowest BCUT2D eigenvalue weighted by Gasteiger charge is -2.24. The number of carbonyl (C=O) groups excluding carboxylic acids is 1. The molecule has 1 aromatic carbocycles. The molecule has 0 aromatic heterocycles. The number of nitrogens with zero attached hydrogens (tertiary/aromatic N) is 2. The van der Waals surface area contributed by atoms with Gasteiger partial charge in [-0.15, -0.1) is 0 Å². The Morgan fingerprint density at radius 1 is 1.17 bits per heavy atom. The summed E-state index contributed by atoms with van der Waals surface area (Å²) in [5.41, 5.74) is 0. The number of hydrogen-bond acceptors (Lipinski definition) is 3. The molecule has 0 heterocycles. The third-order valence-corrected chi connectivity index (χ3v) is 6.66. The van der Waals surface area contributed by atoms with E-state index in [4.69, 9.17) is 0 Å². The summed E-state index contributed by atoms with van der Waals surface area (Å²) in [4.78, 5) is 14.1. The maximum Gasteiger partial charge on any atom is 0.243 e. The van der Waals surface area contributed by atoms with Gasteiger partial charge in [0.2, 0.25) is 15.9 Å². The second kappa shape index (κ2) is 7.77. The van der Waals surface area contributed by atoms with E-state index in [1.54, 1.807) is 24.1 Å². The highest BCUT2D eigenvalue weighted by Gasteiger charge is 2.25. The van der Waals surface area contributed by atoms with E-state index in [0.717, 1.165) is 21.6 Å². The maximum absolute atomic E-state index is 12.5. The van der Waals surface area contributed by atoms with Crippen LogP contribution in [0.3, 0.4) is 0 Å². The summed E-state index contributed by atoms with van der Waals surface area (Å²) in [6.45, 7) is 0.576. The molecule has 0 unspecified atom stereocenters. The van der Waals surface area contributed by atoms with E-state index in [1.165, 1.54) is 32.0 Å². The second-order valence-corrected chi connectivity index (χ2v) is 9.10. The van der Waals surface area contributed by atoms with Crippen molar-refractivity contribution in [1.82, 2.24) is 9.21 Å². The molecule has 0 atom stereocenters. The Hall–Kier alpha value is -0.920. The van der Waals surface area contributed by atoms with Crippen LogP contribution >= 0.6 is 15.9 Å². The minimum Gasteiger partial charge on any atom is -0.344 e. The van der Waals surface area contributed by atoms with Crippen molar-refractivity contribution in [3.8, 4) is 0 Å². The number of sulfonamides is 1. The molecule has 0 aliphatic heterocycles. The van der Waals surface area contributed by atoms with Gasteiger partial charge in [0.25, 0.3) is 0 Å². The van der Waals surface area contributed by atoms with Gasteiger partial charge < -0.3 is 4.90 Å². The number of amides is 1. The predicted octanol–water partition coefficient (Wildman–Crippen LogP) is 2.72. The molecule has 1 saturated carbocycles. The first-order valence-electron chi connectivity index (χ1n) is 7.76. The summed E-state index contributed by atoms with van der Waals surface area (Å²) in [6, 6.07) is 6.41. The quantitative estimate of drug-likeness (QED) is 0.734. The van der Waals surface area contributed by atoms with Crippen LogP contribution in [0.4, 0.5) is 0 Å². The van der Waals surface area contributed by atoms with Crippen molar-refractivity contribution in [1.29, 1.82) is 0 Å². The zero-order chi connectivity index (χ0) is 17.0. The molecule has 0 bridgehead atoms. The van der Waals surface area contributed by atoms with Gasteiger partial charge in [0.15, 0.2) is 0 Å². The molecule has 1 aliphatic carbocycles. The molecule has 5 nitrogen and oxygen atoms in total. The van der Waals surface area contributed by atoms with Crippen molar-refractivity contribution in [2.24, 2.45) is 5.92 Å². The SMILES string of the molecule is CN(CC1CCCC1)C(=O)CN(C)S(=O)(=O)c1ccc(Br)cc1. The van der Waals surface area contributed by atoms with Gasteiger partial charge in [-0.3, -0.25) is 4.79 Å². The van der Waals surface area contributed by atoms with E-state index in [2.05, 4.69) is 15.9 Å². The van der Waals surface area contributed by atoms with Crippen LogP contribution < -0.4 is 0 Å². The first kappa shape index (κ1) is 18.4. The van der Waals surface area contributed by atoms with E-state index in [-0.39, 0.29) is 17.3 Å². The van der Waals surface area contributed by atoms with Crippen LogP contribution in [0.15, 0.2) is 33.6 Å². The molecule has 7 heteroatoms. The molecule has 1 aromatic rings. The second-order valence-electron chi connectivity index (χ2n) is 6.14. The molecule has 0 saturated heterocycles. The Bertz CT molecular complexity index is 640. The van der Waals surface area contributed by atoms with Crippen LogP contribution in [0.25, 0.3) is 0 Å². The number of likely N-dealkylation sites (N-methyl/N-ethyl adjacent to an activating group) is 2. The highest BCUT2D eigenvalue weighted by molar-refractivity contribution is 9.10. The summed E-state index contributed by atoms with van der Waals surface area (Å²) < 4.78 is 26.9. The molecular weight excluding hydrogens is 380 g/mol. The average molecular weight is 403 g/mol. The van der Waals surface area contributed by atoms with E-state index in [0.29, 0.717) is 12.5 Å². The molecule has 0 N–H and O–H groups in total. The number of carbonyl (C=O) groups is 1. The Labute approximate surface area is 146 Å². The van der Waals surface area contributed by atoms with Crippen molar-refractivity contribution >= 4 is 31.9 Å². The fourth-order valence-corrected chi connectivity index (χ4v) is 4.25. The predicted molar refractivity (Wildman–Crippen MR) is 93.6 cm³/mol. The highest BCUT2D eigenvalue weighted by Crippen LogP contribution is 2.25. The average Bonchev–Trinajstić information content (AvgIpc) is 3.00. The van der Waals surface area contributed by atoms with Gasteiger partial charge in [0.1, 0.15) is 0 Å². The minimum absolute atomic E-state index is 0.137. The molecule has 23 heavy (non-hydrogen) atoms. The van der Waals surface area contributed by atoms with Crippen molar-refractivity contribution in [3.05, 3.63) is 28.7 Å². The van der Waals surface area contributed by atoms with E-state index in [1.807, 2.05) is 0 Å². The molecule has 2 rings (SSSR count). The van der Waals surface area contributed by atoms with Crippen LogP contribution in [-0.2, 0) is 14.8 Å². The smallest absolute Gasteiger partial charge is 0.243 e. The lowest BCUT2D eigenvalue weighted by Crippen LogP contribution is -2.40. The fourth-order valence-electron chi connectivity index (χ4n) is 2.86. The minimum atomic E-state index is -3.65. The normalized spacial score (nSPS) is 16.0. The number of halogens is 1.